The Labute approximate surface area is 112 Å². The number of nitrogen functional groups attached to an aromatic ring is 1. The summed E-state index contributed by atoms with van der Waals surface area (Å²) in [6.07, 6.45) is 3.64. The normalized spacial score (nSPS) is 10.3. The number of aromatic nitrogens is 3. The van der Waals surface area contributed by atoms with Gasteiger partial charge in [-0.05, 0) is 38.0 Å². The maximum Gasteiger partial charge on any atom is 0.148 e. The van der Waals surface area contributed by atoms with Crippen molar-refractivity contribution in [2.24, 2.45) is 5.84 Å². The molecule has 4 N–H and O–H groups in total. The molecule has 0 saturated heterocycles. The van der Waals surface area contributed by atoms with E-state index in [2.05, 4.69) is 25.7 Å². The fraction of sp³-hybridized carbons (Fsp3) is 0.308. The highest BCUT2D eigenvalue weighted by Crippen LogP contribution is 2.19. The van der Waals surface area contributed by atoms with Gasteiger partial charge in [0.15, 0.2) is 0 Å². The number of hydrazine groups is 1. The third-order valence-electron chi connectivity index (χ3n) is 2.98. The third-order valence-corrected chi connectivity index (χ3v) is 2.98. The summed E-state index contributed by atoms with van der Waals surface area (Å²) >= 11 is 0. The molecule has 0 saturated carbocycles. The molecule has 0 aliphatic carbocycles. The highest BCUT2D eigenvalue weighted by molar-refractivity contribution is 5.56. The molecule has 2 aromatic rings. The maximum atomic E-state index is 5.44. The maximum absolute atomic E-state index is 5.44. The number of aryl methyl sites for hydroxylation is 2. The molecule has 6 heteroatoms. The van der Waals surface area contributed by atoms with Crippen molar-refractivity contribution in [1.29, 1.82) is 0 Å². The molecule has 0 atom stereocenters. The summed E-state index contributed by atoms with van der Waals surface area (Å²) in [7, 11) is 0. The summed E-state index contributed by atoms with van der Waals surface area (Å²) in [5, 5.41) is 3.31. The minimum atomic E-state index is 0.640. The van der Waals surface area contributed by atoms with E-state index in [1.165, 1.54) is 5.56 Å². The van der Waals surface area contributed by atoms with E-state index in [-0.39, 0.29) is 0 Å². The minimum absolute atomic E-state index is 0.640. The molecule has 0 aromatic carbocycles. The van der Waals surface area contributed by atoms with Gasteiger partial charge in [0, 0.05) is 24.5 Å². The van der Waals surface area contributed by atoms with E-state index in [9.17, 15) is 0 Å². The first-order valence-electron chi connectivity index (χ1n) is 6.07. The second kappa shape index (κ2) is 5.62. The molecule has 0 radical (unpaired) electrons. The SMILES string of the molecule is Cc1nc(NN)c(C)c(NCc2ccncc2C)n1. The van der Waals surface area contributed by atoms with E-state index in [0.717, 1.165) is 16.9 Å². The molecule has 0 aliphatic rings. The molecule has 2 rings (SSSR count). The highest BCUT2D eigenvalue weighted by atomic mass is 15.3. The number of pyridine rings is 1. The second-order valence-corrected chi connectivity index (χ2v) is 4.39. The molecule has 0 spiro atoms. The summed E-state index contributed by atoms with van der Waals surface area (Å²) in [4.78, 5) is 12.7. The molecule has 0 aliphatic heterocycles. The van der Waals surface area contributed by atoms with Crippen LogP contribution in [0.5, 0.6) is 0 Å². The number of nitrogens with zero attached hydrogens (tertiary/aromatic N) is 3. The van der Waals surface area contributed by atoms with Gasteiger partial charge in [-0.25, -0.2) is 15.8 Å². The number of nitrogens with one attached hydrogen (secondary N) is 2. The Kier molecular flexibility index (Phi) is 3.91. The minimum Gasteiger partial charge on any atom is -0.366 e. The average Bonchev–Trinajstić information content (AvgIpc) is 2.41. The molecular weight excluding hydrogens is 240 g/mol. The zero-order chi connectivity index (χ0) is 13.8. The van der Waals surface area contributed by atoms with Crippen LogP contribution in [-0.4, -0.2) is 15.0 Å². The van der Waals surface area contributed by atoms with Crippen LogP contribution in [0.25, 0.3) is 0 Å². The number of rotatable bonds is 4. The fourth-order valence-electron chi connectivity index (χ4n) is 1.82. The van der Waals surface area contributed by atoms with Crippen LogP contribution in [0.1, 0.15) is 22.5 Å². The summed E-state index contributed by atoms with van der Waals surface area (Å²) < 4.78 is 0. The lowest BCUT2D eigenvalue weighted by molar-refractivity contribution is 0.991. The quantitative estimate of drug-likeness (QED) is 0.571. The van der Waals surface area contributed by atoms with E-state index in [1.807, 2.05) is 33.0 Å². The van der Waals surface area contributed by atoms with Crippen molar-refractivity contribution in [1.82, 2.24) is 15.0 Å². The Hall–Kier alpha value is -2.21. The van der Waals surface area contributed by atoms with Gasteiger partial charge in [0.2, 0.25) is 0 Å². The smallest absolute Gasteiger partial charge is 0.148 e. The Balaban J connectivity index is 2.20. The Morgan fingerprint density at radius 1 is 1.16 bits per heavy atom. The van der Waals surface area contributed by atoms with Crippen molar-refractivity contribution >= 4 is 11.6 Å². The van der Waals surface area contributed by atoms with Gasteiger partial charge in [0.05, 0.1) is 0 Å². The molecule has 0 bridgehead atoms. The van der Waals surface area contributed by atoms with Gasteiger partial charge in [0.1, 0.15) is 17.5 Å². The standard InChI is InChI=1S/C13H18N6/c1-8-6-15-5-4-11(8)7-16-12-9(2)13(19-14)18-10(3)17-12/h4-6H,7,14H2,1-3H3,(H2,16,17,18,19). The van der Waals surface area contributed by atoms with E-state index < -0.39 is 0 Å². The van der Waals surface area contributed by atoms with Gasteiger partial charge in [-0.15, -0.1) is 0 Å². The van der Waals surface area contributed by atoms with E-state index >= 15 is 0 Å². The van der Waals surface area contributed by atoms with Gasteiger partial charge in [0.25, 0.3) is 0 Å². The average molecular weight is 258 g/mol. The van der Waals surface area contributed by atoms with Crippen LogP contribution < -0.4 is 16.6 Å². The largest absolute Gasteiger partial charge is 0.366 e. The number of hydrogen-bond donors (Lipinski definition) is 3. The number of nitrogens with two attached hydrogens (primary N) is 1. The Morgan fingerprint density at radius 3 is 2.58 bits per heavy atom. The van der Waals surface area contributed by atoms with Crippen LogP contribution in [0.15, 0.2) is 18.5 Å². The number of hydrogen-bond acceptors (Lipinski definition) is 6. The lowest BCUT2D eigenvalue weighted by atomic mass is 10.1. The Morgan fingerprint density at radius 2 is 1.89 bits per heavy atom. The van der Waals surface area contributed by atoms with Crippen molar-refractivity contribution in [3.05, 3.63) is 41.0 Å². The van der Waals surface area contributed by atoms with Gasteiger partial charge < -0.3 is 10.7 Å². The van der Waals surface area contributed by atoms with Crippen molar-refractivity contribution in [3.8, 4) is 0 Å². The molecule has 2 heterocycles. The number of anilines is 2. The third kappa shape index (κ3) is 2.97. The summed E-state index contributed by atoms with van der Waals surface area (Å²) in [6.45, 7) is 6.49. The van der Waals surface area contributed by atoms with Crippen LogP contribution in [0.2, 0.25) is 0 Å². The van der Waals surface area contributed by atoms with Crippen LogP contribution in [0.4, 0.5) is 11.6 Å². The van der Waals surface area contributed by atoms with Crippen LogP contribution in [-0.2, 0) is 6.54 Å². The predicted molar refractivity (Wildman–Crippen MR) is 75.6 cm³/mol. The first-order chi connectivity index (χ1) is 9.11. The molecule has 0 amide bonds. The molecule has 0 fully saturated rings. The lowest BCUT2D eigenvalue weighted by Crippen LogP contribution is -2.14. The molecule has 0 unspecified atom stereocenters. The zero-order valence-electron chi connectivity index (χ0n) is 11.4. The van der Waals surface area contributed by atoms with Gasteiger partial charge >= 0.3 is 0 Å². The summed E-state index contributed by atoms with van der Waals surface area (Å²) in [5.74, 6) is 7.55. The highest BCUT2D eigenvalue weighted by Gasteiger charge is 2.08. The van der Waals surface area contributed by atoms with Crippen LogP contribution in [0, 0.1) is 20.8 Å². The van der Waals surface area contributed by atoms with Gasteiger partial charge in [-0.1, -0.05) is 0 Å². The molecule has 2 aromatic heterocycles. The van der Waals surface area contributed by atoms with E-state index in [4.69, 9.17) is 5.84 Å². The molecule has 100 valence electrons. The van der Waals surface area contributed by atoms with Crippen molar-refractivity contribution in [2.45, 2.75) is 27.3 Å². The lowest BCUT2D eigenvalue weighted by Gasteiger charge is -2.13. The summed E-state index contributed by atoms with van der Waals surface area (Å²) in [6, 6.07) is 1.99. The first kappa shape index (κ1) is 13.2. The van der Waals surface area contributed by atoms with E-state index in [0.29, 0.717) is 18.2 Å². The van der Waals surface area contributed by atoms with Crippen molar-refractivity contribution < 1.29 is 0 Å². The first-order valence-corrected chi connectivity index (χ1v) is 6.07. The second-order valence-electron chi connectivity index (χ2n) is 4.39. The monoisotopic (exact) mass is 258 g/mol. The molecular formula is C13H18N6. The van der Waals surface area contributed by atoms with E-state index in [1.54, 1.807) is 6.20 Å². The van der Waals surface area contributed by atoms with Crippen LogP contribution >= 0.6 is 0 Å². The van der Waals surface area contributed by atoms with Crippen molar-refractivity contribution in [3.63, 3.8) is 0 Å². The predicted octanol–water partition coefficient (Wildman–Crippen LogP) is 1.69. The van der Waals surface area contributed by atoms with Gasteiger partial charge in [-0.3, -0.25) is 4.98 Å². The zero-order valence-corrected chi connectivity index (χ0v) is 11.4. The summed E-state index contributed by atoms with van der Waals surface area (Å²) in [5.41, 5.74) is 5.82. The van der Waals surface area contributed by atoms with Crippen LogP contribution in [0.3, 0.4) is 0 Å². The van der Waals surface area contributed by atoms with Gasteiger partial charge in [-0.2, -0.15) is 0 Å². The molecule has 6 nitrogen and oxygen atoms in total. The Bertz CT molecular complexity index is 581. The topological polar surface area (TPSA) is 88.8 Å². The van der Waals surface area contributed by atoms with Crippen molar-refractivity contribution in [2.75, 3.05) is 10.7 Å². The fourth-order valence-corrected chi connectivity index (χ4v) is 1.82. The molecule has 19 heavy (non-hydrogen) atoms.